The Balaban J connectivity index is 1.93. The molecular weight excluding hydrogens is 520 g/mol. The first-order valence-electron chi connectivity index (χ1n) is 10.6. The van der Waals surface area contributed by atoms with Crippen LogP contribution in [0.25, 0.3) is 0 Å². The van der Waals surface area contributed by atoms with Crippen molar-refractivity contribution in [2.45, 2.75) is 17.1 Å². The summed E-state index contributed by atoms with van der Waals surface area (Å²) >= 11 is 9.73. The van der Waals surface area contributed by atoms with Gasteiger partial charge in [0.2, 0.25) is 5.60 Å². The van der Waals surface area contributed by atoms with E-state index in [1.54, 1.807) is 20.2 Å². The molecule has 2 heterocycles. The number of hydrogen-bond donors (Lipinski definition) is 1. The Hall–Kier alpha value is -2.87. The molecular formula is C26H22BrClN2O4. The van der Waals surface area contributed by atoms with Gasteiger partial charge in [-0.3, -0.25) is 9.78 Å². The molecule has 1 N–H and O–H groups in total. The molecule has 1 aliphatic carbocycles. The first kappa shape index (κ1) is 22.9. The van der Waals surface area contributed by atoms with Crippen molar-refractivity contribution in [1.29, 1.82) is 0 Å². The van der Waals surface area contributed by atoms with Crippen LogP contribution in [0.4, 0.5) is 0 Å². The summed E-state index contributed by atoms with van der Waals surface area (Å²) in [5.74, 6) is -0.553. The van der Waals surface area contributed by atoms with Gasteiger partial charge in [-0.1, -0.05) is 70.0 Å². The minimum atomic E-state index is -1.89. The molecule has 2 aliphatic rings. The SMILES string of the molecule is COC1=C(C(=O)N(C)C)[C@@H](c2ccccc2)[C@]2(c3ccc(Br)cc3)Oc3cc(Cl)cnc3C12O. The first-order valence-corrected chi connectivity index (χ1v) is 11.8. The number of halogens is 2. The van der Waals surface area contributed by atoms with Gasteiger partial charge >= 0.3 is 0 Å². The Morgan fingerprint density at radius 2 is 1.85 bits per heavy atom. The van der Waals surface area contributed by atoms with Crippen LogP contribution in [-0.4, -0.2) is 42.1 Å². The van der Waals surface area contributed by atoms with Crippen LogP contribution < -0.4 is 4.74 Å². The number of rotatable bonds is 4. The zero-order chi connectivity index (χ0) is 24.3. The van der Waals surface area contributed by atoms with Crippen molar-refractivity contribution in [2.24, 2.45) is 0 Å². The number of hydrogen-bond acceptors (Lipinski definition) is 5. The fourth-order valence-electron chi connectivity index (χ4n) is 5.16. The number of likely N-dealkylation sites (N-methyl/N-ethyl adjacent to an activating group) is 1. The van der Waals surface area contributed by atoms with Gasteiger partial charge < -0.3 is 19.5 Å². The van der Waals surface area contributed by atoms with Gasteiger partial charge in [0.25, 0.3) is 5.91 Å². The summed E-state index contributed by atoms with van der Waals surface area (Å²) in [4.78, 5) is 19.6. The lowest BCUT2D eigenvalue weighted by atomic mass is 9.70. The second-order valence-corrected chi connectivity index (χ2v) is 9.90. The van der Waals surface area contributed by atoms with E-state index in [9.17, 15) is 9.90 Å². The van der Waals surface area contributed by atoms with E-state index >= 15 is 0 Å². The summed E-state index contributed by atoms with van der Waals surface area (Å²) in [5, 5.41) is 13.0. The Morgan fingerprint density at radius 3 is 2.47 bits per heavy atom. The number of aromatic nitrogens is 1. The molecule has 1 unspecified atom stereocenters. The molecule has 5 rings (SSSR count). The number of carbonyl (C=O) groups is 1. The minimum absolute atomic E-state index is 0.108. The number of methoxy groups -OCH3 is 1. The maximum atomic E-state index is 13.6. The number of ether oxygens (including phenoxy) is 2. The molecule has 0 spiro atoms. The van der Waals surface area contributed by atoms with Gasteiger partial charge in [0.05, 0.1) is 23.6 Å². The van der Waals surface area contributed by atoms with Crippen LogP contribution in [0, 0.1) is 0 Å². The van der Waals surface area contributed by atoms with Gasteiger partial charge in [-0.2, -0.15) is 0 Å². The van der Waals surface area contributed by atoms with Crippen molar-refractivity contribution in [3.8, 4) is 5.75 Å². The zero-order valence-electron chi connectivity index (χ0n) is 18.8. The molecule has 0 bridgehead atoms. The lowest BCUT2D eigenvalue weighted by molar-refractivity contribution is -0.126. The van der Waals surface area contributed by atoms with Crippen molar-refractivity contribution in [2.75, 3.05) is 21.2 Å². The Bertz CT molecular complexity index is 1310. The van der Waals surface area contributed by atoms with Gasteiger partial charge in [-0.15, -0.1) is 0 Å². The van der Waals surface area contributed by atoms with Crippen molar-refractivity contribution in [3.63, 3.8) is 0 Å². The van der Waals surface area contributed by atoms with Gasteiger partial charge in [0.1, 0.15) is 17.2 Å². The highest BCUT2D eigenvalue weighted by molar-refractivity contribution is 9.10. The summed E-state index contributed by atoms with van der Waals surface area (Å²) in [6.45, 7) is 0. The van der Waals surface area contributed by atoms with Crippen LogP contribution in [0.1, 0.15) is 22.7 Å². The molecule has 3 aromatic rings. The maximum absolute atomic E-state index is 13.6. The van der Waals surface area contributed by atoms with E-state index in [1.165, 1.54) is 18.2 Å². The lowest BCUT2D eigenvalue weighted by Gasteiger charge is -2.40. The Morgan fingerprint density at radius 1 is 1.18 bits per heavy atom. The van der Waals surface area contributed by atoms with Crippen molar-refractivity contribution in [3.05, 3.63) is 105 Å². The third-order valence-corrected chi connectivity index (χ3v) is 7.22. The number of carbonyl (C=O) groups excluding carboxylic acids is 1. The molecule has 0 saturated carbocycles. The monoisotopic (exact) mass is 540 g/mol. The van der Waals surface area contributed by atoms with E-state index in [2.05, 4.69) is 20.9 Å². The number of fused-ring (bicyclic) bond motifs is 3. The van der Waals surface area contributed by atoms with E-state index in [0.29, 0.717) is 21.9 Å². The predicted molar refractivity (Wildman–Crippen MR) is 132 cm³/mol. The molecule has 1 aromatic heterocycles. The average molecular weight is 542 g/mol. The minimum Gasteiger partial charge on any atom is -0.497 e. The fraction of sp³-hybridized carbons (Fsp3) is 0.231. The maximum Gasteiger partial charge on any atom is 0.253 e. The Labute approximate surface area is 210 Å². The fourth-order valence-corrected chi connectivity index (χ4v) is 5.58. The normalized spacial score (nSPS) is 24.9. The molecule has 6 nitrogen and oxygen atoms in total. The van der Waals surface area contributed by atoms with Crippen LogP contribution in [0.15, 0.2) is 82.7 Å². The molecule has 2 aromatic carbocycles. The topological polar surface area (TPSA) is 71.9 Å². The number of pyridine rings is 1. The molecule has 34 heavy (non-hydrogen) atoms. The molecule has 0 saturated heterocycles. The first-order chi connectivity index (χ1) is 16.3. The summed E-state index contributed by atoms with van der Waals surface area (Å²) in [6, 6.07) is 18.6. The third-order valence-electron chi connectivity index (χ3n) is 6.49. The number of nitrogens with zero attached hydrogens (tertiary/aromatic N) is 2. The van der Waals surface area contributed by atoms with Crippen LogP contribution in [0.2, 0.25) is 5.02 Å². The van der Waals surface area contributed by atoms with E-state index in [4.69, 9.17) is 21.1 Å². The van der Waals surface area contributed by atoms with Gasteiger partial charge in [0.15, 0.2) is 5.60 Å². The second-order valence-electron chi connectivity index (χ2n) is 8.55. The molecule has 0 radical (unpaired) electrons. The second kappa shape index (κ2) is 8.12. The van der Waals surface area contributed by atoms with E-state index in [-0.39, 0.29) is 17.4 Å². The zero-order valence-corrected chi connectivity index (χ0v) is 21.1. The van der Waals surface area contributed by atoms with Crippen LogP contribution in [0.5, 0.6) is 5.75 Å². The molecule has 1 amide bonds. The van der Waals surface area contributed by atoms with Gasteiger partial charge in [0, 0.05) is 36.4 Å². The molecule has 1 aliphatic heterocycles. The average Bonchev–Trinajstić information content (AvgIpc) is 3.20. The van der Waals surface area contributed by atoms with Crippen molar-refractivity contribution >= 4 is 33.4 Å². The molecule has 174 valence electrons. The number of aliphatic hydroxyl groups is 1. The predicted octanol–water partition coefficient (Wildman–Crippen LogP) is 4.76. The smallest absolute Gasteiger partial charge is 0.253 e. The van der Waals surface area contributed by atoms with E-state index < -0.39 is 17.1 Å². The van der Waals surface area contributed by atoms with E-state index in [1.807, 2.05) is 54.6 Å². The standard InChI is InChI=1S/C26H22BrClN2O4/c1-30(2)24(31)20-21(15-7-5-4-6-8-15)26(16-9-11-17(27)12-10-16)25(32,23(20)33-3)22-19(34-26)13-18(28)14-29-22/h4-14,21,32H,1-3H3/t21-,25?,26+/m1/s1. The summed E-state index contributed by atoms with van der Waals surface area (Å²) in [5.41, 5.74) is -1.35. The summed E-state index contributed by atoms with van der Waals surface area (Å²) in [7, 11) is 4.79. The van der Waals surface area contributed by atoms with E-state index in [0.717, 1.165) is 10.0 Å². The molecule has 0 fully saturated rings. The van der Waals surface area contributed by atoms with Crippen molar-refractivity contribution < 1.29 is 19.4 Å². The summed E-state index contributed by atoms with van der Waals surface area (Å²) < 4.78 is 13.4. The highest BCUT2D eigenvalue weighted by Gasteiger charge is 2.75. The lowest BCUT2D eigenvalue weighted by Crippen LogP contribution is -2.50. The number of amides is 1. The highest BCUT2D eigenvalue weighted by Crippen LogP contribution is 2.68. The molecule has 3 atom stereocenters. The molecule has 8 heteroatoms. The Kier molecular flexibility index (Phi) is 5.47. The van der Waals surface area contributed by atoms with Crippen LogP contribution in [0.3, 0.4) is 0 Å². The third kappa shape index (κ3) is 2.97. The van der Waals surface area contributed by atoms with Crippen LogP contribution >= 0.6 is 27.5 Å². The highest BCUT2D eigenvalue weighted by atomic mass is 79.9. The van der Waals surface area contributed by atoms with Gasteiger partial charge in [-0.25, -0.2) is 0 Å². The summed E-state index contributed by atoms with van der Waals surface area (Å²) in [6.07, 6.45) is 1.45. The number of benzene rings is 2. The quantitative estimate of drug-likeness (QED) is 0.516. The van der Waals surface area contributed by atoms with Crippen molar-refractivity contribution in [1.82, 2.24) is 9.88 Å². The largest absolute Gasteiger partial charge is 0.497 e. The van der Waals surface area contributed by atoms with Gasteiger partial charge in [-0.05, 0) is 17.7 Å². The van der Waals surface area contributed by atoms with Crippen LogP contribution in [-0.2, 0) is 20.7 Å².